The molecule has 1 aliphatic rings. The maximum Gasteiger partial charge on any atom is 3.00 e. The number of rotatable bonds is 5. The fourth-order valence-electron chi connectivity index (χ4n) is 4.40. The molecule has 1 nitrogen and oxygen atoms in total. The topological polar surface area (TPSA) is 9.23 Å². The predicted octanol–water partition coefficient (Wildman–Crippen LogP) is 10.9. The first-order chi connectivity index (χ1) is 16.4. The van der Waals surface area contributed by atoms with Crippen LogP contribution in [-0.2, 0) is 43.5 Å². The normalized spacial score (nSPS) is 14.3. The molecule has 1 aliphatic carbocycles. The number of allylic oxidation sites excluding steroid dienone is 4. The van der Waals surface area contributed by atoms with Crippen molar-refractivity contribution in [2.75, 3.05) is 7.11 Å². The summed E-state index contributed by atoms with van der Waals surface area (Å²) in [5.41, 5.74) is 6.86. The summed E-state index contributed by atoms with van der Waals surface area (Å²) in [5, 5.41) is 0. The van der Waals surface area contributed by atoms with Crippen LogP contribution in [0.25, 0.3) is 0 Å². The van der Waals surface area contributed by atoms with Crippen molar-refractivity contribution in [1.29, 1.82) is 0 Å². The molecule has 0 heterocycles. The van der Waals surface area contributed by atoms with E-state index in [1.807, 2.05) is 7.11 Å². The van der Waals surface area contributed by atoms with Gasteiger partial charge in [0.25, 0.3) is 0 Å². The molecular weight excluding hydrogens is 569 g/mol. The van der Waals surface area contributed by atoms with E-state index in [4.69, 9.17) is 4.74 Å². The Bertz CT molecular complexity index is 901. The summed E-state index contributed by atoms with van der Waals surface area (Å²) in [6.45, 7) is 41.6. The van der Waals surface area contributed by atoms with E-state index in [-0.39, 0.29) is 49.0 Å². The maximum atomic E-state index is 6.06. The quantitative estimate of drug-likeness (QED) is 0.232. The third-order valence-electron chi connectivity index (χ3n) is 6.15. The third kappa shape index (κ3) is 13.6. The van der Waals surface area contributed by atoms with Crippen molar-refractivity contribution in [2.24, 2.45) is 5.41 Å². The van der Waals surface area contributed by atoms with Gasteiger partial charge in [-0.15, -0.1) is 16.1 Å². The Kier molecular flexibility index (Phi) is 16.2. The molecule has 0 radical (unpaired) electrons. The van der Waals surface area contributed by atoms with Crippen LogP contribution in [0.15, 0.2) is 29.4 Å². The van der Waals surface area contributed by atoms with Crippen LogP contribution in [-0.4, -0.2) is 23.3 Å². The van der Waals surface area contributed by atoms with E-state index in [1.54, 1.807) is 0 Å². The van der Waals surface area contributed by atoms with Crippen molar-refractivity contribution >= 4 is 16.1 Å². The number of hydrogen-bond acceptors (Lipinski definition) is 1. The summed E-state index contributed by atoms with van der Waals surface area (Å²) in [6, 6.07) is 4.65. The first-order valence-corrected chi connectivity index (χ1v) is 21.6. The second-order valence-electron chi connectivity index (χ2n) is 15.2. The van der Waals surface area contributed by atoms with Gasteiger partial charge in [0.2, 0.25) is 0 Å². The molecule has 0 unspecified atom stereocenters. The van der Waals surface area contributed by atoms with Gasteiger partial charge >= 0.3 is 32.7 Å². The van der Waals surface area contributed by atoms with Gasteiger partial charge < -0.3 is 17.8 Å². The van der Waals surface area contributed by atoms with Crippen LogP contribution in [0, 0.1) is 31.5 Å². The minimum atomic E-state index is -0.861. The van der Waals surface area contributed by atoms with E-state index in [0.717, 1.165) is 25.0 Å². The van der Waals surface area contributed by atoms with E-state index < -0.39 is 16.1 Å². The summed E-state index contributed by atoms with van der Waals surface area (Å²) < 4.78 is 6.06. The summed E-state index contributed by atoms with van der Waals surface area (Å²) in [6.07, 6.45) is 9.31. The van der Waals surface area contributed by atoms with Crippen LogP contribution in [0.2, 0.25) is 39.3 Å². The Hall–Kier alpha value is 0.0377. The van der Waals surface area contributed by atoms with Gasteiger partial charge in [-0.1, -0.05) is 119 Å². The Balaban J connectivity index is 0. The van der Waals surface area contributed by atoms with Gasteiger partial charge in [0, 0.05) is 16.5 Å². The van der Waals surface area contributed by atoms with Crippen molar-refractivity contribution in [3.63, 3.8) is 0 Å². The Labute approximate surface area is 267 Å². The van der Waals surface area contributed by atoms with Crippen molar-refractivity contribution in [2.45, 2.75) is 132 Å². The number of aryl methyl sites for hydroxylation is 1. The molecule has 214 valence electrons. The van der Waals surface area contributed by atoms with Gasteiger partial charge in [0.15, 0.2) is 0 Å². The second-order valence-corrected chi connectivity index (χ2v) is 25.5. The average Bonchev–Trinajstić information content (AvgIpc) is 3.17. The smallest absolute Gasteiger partial charge is 0.496 e. The molecular formula is C34H61OSi2Y. The zero-order valence-corrected chi connectivity index (χ0v) is 33.1. The summed E-state index contributed by atoms with van der Waals surface area (Å²) in [7, 11) is 0.102. The first-order valence-electron chi connectivity index (χ1n) is 14.1. The zero-order valence-electron chi connectivity index (χ0n) is 28.3. The molecule has 0 spiro atoms. The van der Waals surface area contributed by atoms with Crippen molar-refractivity contribution in [3.8, 4) is 5.75 Å². The van der Waals surface area contributed by atoms with Crippen LogP contribution in [0.5, 0.6) is 5.75 Å². The molecule has 0 fully saturated rings. The molecule has 1 aromatic carbocycles. The van der Waals surface area contributed by atoms with Gasteiger partial charge in [0.05, 0.1) is 7.11 Å². The Morgan fingerprint density at radius 3 is 1.50 bits per heavy atom. The average molecular weight is 631 g/mol. The van der Waals surface area contributed by atoms with E-state index in [2.05, 4.69) is 139 Å². The van der Waals surface area contributed by atoms with Gasteiger partial charge in [-0.3, -0.25) is 0 Å². The minimum absolute atomic E-state index is 0. The second kappa shape index (κ2) is 15.3. The molecule has 0 N–H and O–H groups in total. The zero-order chi connectivity index (χ0) is 29.6. The van der Waals surface area contributed by atoms with E-state index in [9.17, 15) is 0 Å². The molecule has 0 aliphatic heterocycles. The van der Waals surface area contributed by atoms with E-state index >= 15 is 0 Å². The Morgan fingerprint density at radius 2 is 1.21 bits per heavy atom. The minimum Gasteiger partial charge on any atom is -0.496 e. The third-order valence-corrected chi connectivity index (χ3v) is 6.15. The van der Waals surface area contributed by atoms with E-state index in [1.165, 1.54) is 27.8 Å². The van der Waals surface area contributed by atoms with Crippen molar-refractivity contribution < 1.29 is 37.4 Å². The van der Waals surface area contributed by atoms with Crippen LogP contribution >= 0.6 is 0 Å². The van der Waals surface area contributed by atoms with Crippen molar-refractivity contribution in [1.82, 2.24) is 0 Å². The Morgan fingerprint density at radius 1 is 0.816 bits per heavy atom. The molecule has 0 saturated carbocycles. The van der Waals surface area contributed by atoms with Gasteiger partial charge in [-0.2, -0.15) is 5.57 Å². The predicted molar refractivity (Wildman–Crippen MR) is 175 cm³/mol. The molecule has 0 saturated heterocycles. The number of benzene rings is 1. The molecule has 2 rings (SSSR count). The van der Waals surface area contributed by atoms with Gasteiger partial charge in [0.1, 0.15) is 5.75 Å². The van der Waals surface area contributed by atoms with Gasteiger partial charge in [-0.25, -0.2) is 17.7 Å². The first kappa shape index (κ1) is 40.2. The summed E-state index contributed by atoms with van der Waals surface area (Å²) in [4.78, 5) is 0. The molecule has 1 aromatic rings. The van der Waals surface area contributed by atoms with E-state index in [0.29, 0.717) is 0 Å². The molecule has 4 heteroatoms. The molecule has 0 atom stereocenters. The van der Waals surface area contributed by atoms with Crippen LogP contribution < -0.4 is 4.74 Å². The number of ether oxygens (including phenoxy) is 1. The standard InChI is InChI=1S/C26H39O.2C4H11Si.Y/c1-11-26(12-2,20-14-13-19(17-20)24(4,5)6)22-16-18(3)15-21(23(22)27-10)25(7,8)9;2*1-5(2,3)4;/h13,15-16H,11-12,14H2,1-10H3;2*1H2,2-4H3;/q3*-1;+3. The maximum absolute atomic E-state index is 6.06. The van der Waals surface area contributed by atoms with Crippen LogP contribution in [0.4, 0.5) is 0 Å². The molecule has 38 heavy (non-hydrogen) atoms. The number of hydrogen-bond donors (Lipinski definition) is 0. The summed E-state index contributed by atoms with van der Waals surface area (Å²) in [5.74, 6) is 1.07. The summed E-state index contributed by atoms with van der Waals surface area (Å²) >= 11 is 0. The van der Waals surface area contributed by atoms with Crippen LogP contribution in [0.1, 0.15) is 91.3 Å². The molecule has 0 bridgehead atoms. The van der Waals surface area contributed by atoms with Gasteiger partial charge in [-0.05, 0) is 30.6 Å². The van der Waals surface area contributed by atoms with Crippen molar-refractivity contribution in [3.05, 3.63) is 65.2 Å². The SMILES string of the molecule is CCC(CC)(C1=[C-]C(C(C)(C)C)=CC1)c1cc(C)cc(C(C)(C)C)c1OC.[CH2-][Si](C)(C)C.[CH2-][Si](C)(C)C.[Y+3]. The molecule has 0 amide bonds. The monoisotopic (exact) mass is 630 g/mol. The number of methoxy groups -OCH3 is 1. The fourth-order valence-corrected chi connectivity index (χ4v) is 4.40. The largest absolute Gasteiger partial charge is 3.00 e. The fraction of sp³-hybridized carbons (Fsp3) is 0.647. The van der Waals surface area contributed by atoms with Crippen LogP contribution in [0.3, 0.4) is 0 Å². The molecule has 0 aromatic heterocycles.